The number of methoxy groups -OCH3 is 1. The molecule has 1 aliphatic heterocycles. The Bertz CT molecular complexity index is 1030. The van der Waals surface area contributed by atoms with Crippen molar-refractivity contribution in [2.24, 2.45) is 11.7 Å². The van der Waals surface area contributed by atoms with Crippen LogP contribution in [0.25, 0.3) is 0 Å². The highest BCUT2D eigenvalue weighted by atomic mass is 35.5. The van der Waals surface area contributed by atoms with Gasteiger partial charge >= 0.3 is 0 Å². The molecule has 0 aliphatic carbocycles. The molecule has 0 radical (unpaired) electrons. The number of halogens is 1. The molecule has 4 N–H and O–H groups in total. The summed E-state index contributed by atoms with van der Waals surface area (Å²) < 4.78 is 5.32. The quantitative estimate of drug-likeness (QED) is 0.590. The average Bonchev–Trinajstić information content (AvgIpc) is 2.76. The highest BCUT2D eigenvalue weighted by Crippen LogP contribution is 2.31. The van der Waals surface area contributed by atoms with Crippen LogP contribution in [0.1, 0.15) is 28.8 Å². The lowest BCUT2D eigenvalue weighted by molar-refractivity contribution is -0.125. The van der Waals surface area contributed by atoms with Gasteiger partial charge in [-0.2, -0.15) is 0 Å². The highest BCUT2D eigenvalue weighted by Gasteiger charge is 2.25. The van der Waals surface area contributed by atoms with Crippen LogP contribution in [0.5, 0.6) is 5.75 Å². The molecule has 0 aromatic heterocycles. The Morgan fingerprint density at radius 2 is 1.94 bits per heavy atom. The second kappa shape index (κ2) is 10.5. The molecule has 0 saturated carbocycles. The van der Waals surface area contributed by atoms with Crippen LogP contribution in [0.15, 0.2) is 36.4 Å². The average molecular weight is 459 g/mol. The number of para-hydroxylation sites is 1. The maximum Gasteiger partial charge on any atom is 0.257 e. The van der Waals surface area contributed by atoms with Crippen LogP contribution in [-0.2, 0) is 9.59 Å². The van der Waals surface area contributed by atoms with Crippen molar-refractivity contribution in [3.63, 3.8) is 0 Å². The molecule has 3 amide bonds. The van der Waals surface area contributed by atoms with E-state index in [1.807, 2.05) is 11.8 Å². The normalized spacial score (nSPS) is 16.3. The van der Waals surface area contributed by atoms with E-state index in [4.69, 9.17) is 22.1 Å². The highest BCUT2D eigenvalue weighted by molar-refractivity contribution is 6.31. The van der Waals surface area contributed by atoms with E-state index >= 15 is 0 Å². The molecule has 0 spiro atoms. The van der Waals surface area contributed by atoms with E-state index in [0.29, 0.717) is 34.3 Å². The van der Waals surface area contributed by atoms with Crippen molar-refractivity contribution in [1.82, 2.24) is 4.90 Å². The van der Waals surface area contributed by atoms with E-state index in [-0.39, 0.29) is 24.3 Å². The van der Waals surface area contributed by atoms with E-state index in [1.165, 1.54) is 7.11 Å². The largest absolute Gasteiger partial charge is 0.495 e. The molecule has 0 bridgehead atoms. The number of carbonyl (C=O) groups is 3. The molecule has 32 heavy (non-hydrogen) atoms. The number of amides is 3. The van der Waals surface area contributed by atoms with Crippen LogP contribution in [0, 0.1) is 12.8 Å². The Labute approximate surface area is 192 Å². The van der Waals surface area contributed by atoms with E-state index in [2.05, 4.69) is 10.6 Å². The minimum atomic E-state index is -0.396. The number of aryl methyl sites for hydroxylation is 1. The Morgan fingerprint density at radius 1 is 1.19 bits per heavy atom. The zero-order valence-corrected chi connectivity index (χ0v) is 18.9. The van der Waals surface area contributed by atoms with Crippen molar-refractivity contribution in [3.8, 4) is 5.75 Å². The standard InChI is InChI=1S/C23H27ClN4O4/c1-14-10-19(20(32-2)11-17(14)24)27-23(31)16-7-3-4-8-18(16)26-21(29)13-28-9-5-6-15(12-28)22(25)30/h3-4,7-8,10-11,15H,5-6,9,12-13H2,1-2H3,(H2,25,30)(H,26,29)(H,27,31)/t15-/m1/s1. The van der Waals surface area contributed by atoms with Crippen LogP contribution < -0.4 is 21.1 Å². The molecule has 9 heteroatoms. The van der Waals surface area contributed by atoms with Crippen LogP contribution >= 0.6 is 11.6 Å². The molecule has 3 rings (SSSR count). The fourth-order valence-electron chi connectivity index (χ4n) is 3.73. The zero-order valence-electron chi connectivity index (χ0n) is 18.1. The third kappa shape index (κ3) is 5.77. The smallest absolute Gasteiger partial charge is 0.257 e. The van der Waals surface area contributed by atoms with Crippen LogP contribution in [0.3, 0.4) is 0 Å². The van der Waals surface area contributed by atoms with Gasteiger partial charge in [0.1, 0.15) is 5.75 Å². The van der Waals surface area contributed by atoms with Gasteiger partial charge in [0.2, 0.25) is 11.8 Å². The minimum Gasteiger partial charge on any atom is -0.495 e. The van der Waals surface area contributed by atoms with Crippen molar-refractivity contribution in [2.75, 3.05) is 37.4 Å². The Balaban J connectivity index is 1.70. The predicted octanol–water partition coefficient (Wildman–Crippen LogP) is 3.05. The molecule has 8 nitrogen and oxygen atoms in total. The predicted molar refractivity (Wildman–Crippen MR) is 124 cm³/mol. The van der Waals surface area contributed by atoms with Crippen LogP contribution in [0.2, 0.25) is 5.02 Å². The first-order valence-corrected chi connectivity index (χ1v) is 10.7. The minimum absolute atomic E-state index is 0.115. The summed E-state index contributed by atoms with van der Waals surface area (Å²) in [6.07, 6.45) is 1.55. The number of hydrogen-bond donors (Lipinski definition) is 3. The first-order chi connectivity index (χ1) is 15.3. The first-order valence-electron chi connectivity index (χ1n) is 10.3. The number of likely N-dealkylation sites (tertiary alicyclic amines) is 1. The van der Waals surface area contributed by atoms with Gasteiger partial charge in [-0.15, -0.1) is 0 Å². The summed E-state index contributed by atoms with van der Waals surface area (Å²) in [5.74, 6) is -0.815. The van der Waals surface area contributed by atoms with Gasteiger partial charge in [-0.05, 0) is 50.1 Å². The number of nitrogens with two attached hydrogens (primary N) is 1. The molecule has 0 unspecified atom stereocenters. The van der Waals surface area contributed by atoms with Crippen LogP contribution in [0.4, 0.5) is 11.4 Å². The Kier molecular flexibility index (Phi) is 7.71. The van der Waals surface area contributed by atoms with E-state index in [0.717, 1.165) is 24.9 Å². The van der Waals surface area contributed by atoms with Gasteiger partial charge in [0.25, 0.3) is 5.91 Å². The van der Waals surface area contributed by atoms with E-state index in [1.54, 1.807) is 36.4 Å². The molecule has 1 atom stereocenters. The third-order valence-electron chi connectivity index (χ3n) is 5.45. The molecular weight excluding hydrogens is 432 g/mol. The monoisotopic (exact) mass is 458 g/mol. The SMILES string of the molecule is COc1cc(Cl)c(C)cc1NC(=O)c1ccccc1NC(=O)CN1CCC[C@@H](C(N)=O)C1. The lowest BCUT2D eigenvalue weighted by Gasteiger charge is -2.30. The molecule has 1 aliphatic rings. The zero-order chi connectivity index (χ0) is 23.3. The number of rotatable bonds is 7. The number of benzene rings is 2. The van der Waals surface area contributed by atoms with Crippen molar-refractivity contribution in [2.45, 2.75) is 19.8 Å². The van der Waals surface area contributed by atoms with E-state index in [9.17, 15) is 14.4 Å². The molecule has 1 saturated heterocycles. The van der Waals surface area contributed by atoms with Crippen molar-refractivity contribution in [3.05, 3.63) is 52.5 Å². The number of primary amides is 1. The van der Waals surface area contributed by atoms with E-state index < -0.39 is 5.91 Å². The number of anilines is 2. The van der Waals surface area contributed by atoms with Gasteiger partial charge in [0.05, 0.1) is 36.5 Å². The van der Waals surface area contributed by atoms with Crippen LogP contribution in [-0.4, -0.2) is 49.4 Å². The molecule has 1 heterocycles. The summed E-state index contributed by atoms with van der Waals surface area (Å²) in [4.78, 5) is 39.0. The molecular formula is C23H27ClN4O4. The number of nitrogens with one attached hydrogen (secondary N) is 2. The number of hydrogen-bond acceptors (Lipinski definition) is 5. The van der Waals surface area contributed by atoms with Gasteiger partial charge in [-0.25, -0.2) is 0 Å². The fraction of sp³-hybridized carbons (Fsp3) is 0.348. The molecule has 1 fully saturated rings. The van der Waals surface area contributed by atoms with Crippen molar-refractivity contribution >= 4 is 40.7 Å². The summed E-state index contributed by atoms with van der Waals surface area (Å²) in [6.45, 7) is 3.12. The maximum absolute atomic E-state index is 13.0. The summed E-state index contributed by atoms with van der Waals surface area (Å²) in [5.41, 5.74) is 7.38. The lowest BCUT2D eigenvalue weighted by atomic mass is 9.97. The molecule has 2 aromatic rings. The number of ether oxygens (including phenoxy) is 1. The third-order valence-corrected chi connectivity index (χ3v) is 5.86. The fourth-order valence-corrected chi connectivity index (χ4v) is 3.89. The van der Waals surface area contributed by atoms with Gasteiger partial charge < -0.3 is 21.1 Å². The van der Waals surface area contributed by atoms with Gasteiger partial charge in [0.15, 0.2) is 0 Å². The molecule has 2 aromatic carbocycles. The summed E-state index contributed by atoms with van der Waals surface area (Å²) >= 11 is 6.14. The first kappa shape index (κ1) is 23.6. The topological polar surface area (TPSA) is 114 Å². The summed E-state index contributed by atoms with van der Waals surface area (Å²) in [7, 11) is 1.49. The van der Waals surface area contributed by atoms with Gasteiger partial charge in [0, 0.05) is 17.6 Å². The number of nitrogens with zero attached hydrogens (tertiary/aromatic N) is 1. The Hall–Kier alpha value is -3.10. The summed E-state index contributed by atoms with van der Waals surface area (Å²) in [6, 6.07) is 10.1. The Morgan fingerprint density at radius 3 is 2.66 bits per heavy atom. The number of piperidine rings is 1. The lowest BCUT2D eigenvalue weighted by Crippen LogP contribution is -2.44. The molecule has 170 valence electrons. The number of carbonyl (C=O) groups excluding carboxylic acids is 3. The van der Waals surface area contributed by atoms with Crippen molar-refractivity contribution < 1.29 is 19.1 Å². The summed E-state index contributed by atoms with van der Waals surface area (Å²) in [5, 5.41) is 6.16. The second-order valence-electron chi connectivity index (χ2n) is 7.83. The second-order valence-corrected chi connectivity index (χ2v) is 8.23. The maximum atomic E-state index is 13.0. The van der Waals surface area contributed by atoms with Gasteiger partial charge in [-0.1, -0.05) is 23.7 Å². The van der Waals surface area contributed by atoms with Gasteiger partial charge in [-0.3, -0.25) is 19.3 Å². The van der Waals surface area contributed by atoms with Crippen molar-refractivity contribution in [1.29, 1.82) is 0 Å².